The van der Waals surface area contributed by atoms with Crippen molar-refractivity contribution < 1.29 is 24.2 Å². The molecule has 5 nitrogen and oxygen atoms in total. The second kappa shape index (κ2) is 8.71. The molecule has 5 heteroatoms. The fourth-order valence-corrected chi connectivity index (χ4v) is 2.65. The average molecular weight is 390 g/mol. The van der Waals surface area contributed by atoms with Crippen LogP contribution < -0.4 is 9.47 Å². The molecule has 0 spiro atoms. The highest BCUT2D eigenvalue weighted by molar-refractivity contribution is 5.93. The van der Waals surface area contributed by atoms with E-state index in [-0.39, 0.29) is 11.5 Å². The van der Waals surface area contributed by atoms with Gasteiger partial charge in [-0.1, -0.05) is 41.5 Å². The Balaban J connectivity index is 1.88. The van der Waals surface area contributed by atoms with E-state index in [1.807, 2.05) is 26.0 Å². The number of rotatable bonds is 5. The Labute approximate surface area is 169 Å². The molecule has 0 fully saturated rings. The maximum Gasteiger partial charge on any atom is 0.343 e. The molecule has 3 aromatic carbocycles. The zero-order chi connectivity index (χ0) is 21.0. The first-order valence-electron chi connectivity index (χ1n) is 9.23. The van der Waals surface area contributed by atoms with Crippen molar-refractivity contribution in [2.45, 2.75) is 26.9 Å². The smallest absolute Gasteiger partial charge is 0.343 e. The van der Waals surface area contributed by atoms with Gasteiger partial charge in [0.2, 0.25) is 0 Å². The fourth-order valence-electron chi connectivity index (χ4n) is 2.65. The lowest BCUT2D eigenvalue weighted by Gasteiger charge is -2.13. The summed E-state index contributed by atoms with van der Waals surface area (Å²) >= 11 is 0. The van der Waals surface area contributed by atoms with Crippen LogP contribution in [0.4, 0.5) is 0 Å². The van der Waals surface area contributed by atoms with Crippen LogP contribution >= 0.6 is 0 Å². The quantitative estimate of drug-likeness (QED) is 0.501. The number of esters is 2. The van der Waals surface area contributed by atoms with Crippen LogP contribution in [0.25, 0.3) is 0 Å². The Kier molecular flexibility index (Phi) is 6.10. The molecule has 3 aromatic rings. The molecule has 29 heavy (non-hydrogen) atoms. The summed E-state index contributed by atoms with van der Waals surface area (Å²) in [4.78, 5) is 25.0. The van der Waals surface area contributed by atoms with Crippen molar-refractivity contribution in [3.8, 4) is 11.5 Å². The van der Waals surface area contributed by atoms with Gasteiger partial charge in [0.15, 0.2) is 11.5 Å². The van der Waals surface area contributed by atoms with Crippen LogP contribution in [0, 0.1) is 13.8 Å². The summed E-state index contributed by atoms with van der Waals surface area (Å²) in [6, 6.07) is 18.5. The maximum absolute atomic E-state index is 12.5. The number of hydrogen-bond donors (Lipinski definition) is 1. The van der Waals surface area contributed by atoms with Crippen LogP contribution in [0.2, 0.25) is 0 Å². The largest absolute Gasteiger partial charge is 0.419 e. The predicted octanol–water partition coefficient (Wildman–Crippen LogP) is 4.80. The molecule has 1 unspecified atom stereocenters. The number of aliphatic hydroxyl groups is 1. The van der Waals surface area contributed by atoms with E-state index in [1.54, 1.807) is 49.4 Å². The van der Waals surface area contributed by atoms with Crippen LogP contribution in [0.15, 0.2) is 66.7 Å². The second-order valence-corrected chi connectivity index (χ2v) is 6.89. The van der Waals surface area contributed by atoms with E-state index in [0.29, 0.717) is 16.7 Å². The van der Waals surface area contributed by atoms with E-state index in [9.17, 15) is 14.7 Å². The molecule has 1 N–H and O–H groups in total. The van der Waals surface area contributed by atoms with Crippen LogP contribution in [0.3, 0.4) is 0 Å². The van der Waals surface area contributed by atoms with Gasteiger partial charge in [0.25, 0.3) is 0 Å². The molecule has 0 aliphatic rings. The highest BCUT2D eigenvalue weighted by Crippen LogP contribution is 2.32. The molecule has 0 aromatic heterocycles. The molecule has 3 rings (SSSR count). The average Bonchev–Trinajstić information content (AvgIpc) is 2.70. The lowest BCUT2D eigenvalue weighted by atomic mass is 10.1. The molecule has 0 bridgehead atoms. The van der Waals surface area contributed by atoms with Gasteiger partial charge in [-0.2, -0.15) is 0 Å². The fraction of sp³-hybridized carbons (Fsp3) is 0.167. The van der Waals surface area contributed by atoms with Gasteiger partial charge in [-0.15, -0.1) is 0 Å². The number of benzene rings is 3. The van der Waals surface area contributed by atoms with Gasteiger partial charge in [0.05, 0.1) is 17.2 Å². The lowest BCUT2D eigenvalue weighted by Crippen LogP contribution is -2.13. The zero-order valence-electron chi connectivity index (χ0n) is 16.5. The van der Waals surface area contributed by atoms with E-state index in [2.05, 4.69) is 0 Å². The number of aliphatic hydroxyl groups excluding tert-OH is 1. The van der Waals surface area contributed by atoms with Crippen LogP contribution in [-0.2, 0) is 0 Å². The van der Waals surface area contributed by atoms with Gasteiger partial charge >= 0.3 is 11.9 Å². The maximum atomic E-state index is 12.5. The Morgan fingerprint density at radius 3 is 1.62 bits per heavy atom. The zero-order valence-corrected chi connectivity index (χ0v) is 16.5. The number of carbonyl (C=O) groups excluding carboxylic acids is 2. The molecule has 148 valence electrons. The molecule has 0 heterocycles. The van der Waals surface area contributed by atoms with Crippen LogP contribution in [0.5, 0.6) is 11.5 Å². The van der Waals surface area contributed by atoms with Gasteiger partial charge in [0.1, 0.15) is 0 Å². The molecule has 0 amide bonds. The van der Waals surface area contributed by atoms with Gasteiger partial charge < -0.3 is 14.6 Å². The van der Waals surface area contributed by atoms with Gasteiger partial charge in [0, 0.05) is 0 Å². The first-order chi connectivity index (χ1) is 13.8. The predicted molar refractivity (Wildman–Crippen MR) is 109 cm³/mol. The van der Waals surface area contributed by atoms with Gasteiger partial charge in [-0.3, -0.25) is 0 Å². The summed E-state index contributed by atoms with van der Waals surface area (Å²) in [5.74, 6) is -0.988. The van der Waals surface area contributed by atoms with Gasteiger partial charge in [-0.25, -0.2) is 9.59 Å². The second-order valence-electron chi connectivity index (χ2n) is 6.89. The topological polar surface area (TPSA) is 72.8 Å². The number of aryl methyl sites for hydroxylation is 2. The summed E-state index contributed by atoms with van der Waals surface area (Å²) in [6.45, 7) is 5.44. The molecule has 0 aliphatic carbocycles. The molecule has 0 aliphatic heterocycles. The Bertz CT molecular complexity index is 1020. The molecule has 1 atom stereocenters. The van der Waals surface area contributed by atoms with E-state index in [1.165, 1.54) is 12.1 Å². The normalized spacial score (nSPS) is 11.6. The first-order valence-corrected chi connectivity index (χ1v) is 9.23. The van der Waals surface area contributed by atoms with E-state index in [4.69, 9.17) is 9.47 Å². The van der Waals surface area contributed by atoms with Crippen molar-refractivity contribution in [1.29, 1.82) is 0 Å². The van der Waals surface area contributed by atoms with Crippen molar-refractivity contribution in [3.05, 3.63) is 94.5 Å². The molecule has 0 radical (unpaired) electrons. The SMILES string of the molecule is Cc1ccc(C(=O)Oc2ccc(C(C)O)cc2OC(=O)c2ccc(C)cc2)cc1. The monoisotopic (exact) mass is 390 g/mol. The number of ether oxygens (including phenoxy) is 2. The lowest BCUT2D eigenvalue weighted by molar-refractivity contribution is 0.0681. The van der Waals surface area contributed by atoms with Crippen LogP contribution in [0.1, 0.15) is 50.4 Å². The highest BCUT2D eigenvalue weighted by atomic mass is 16.6. The number of carbonyl (C=O) groups is 2. The molecular weight excluding hydrogens is 368 g/mol. The Morgan fingerprint density at radius 1 is 0.724 bits per heavy atom. The van der Waals surface area contributed by atoms with E-state index in [0.717, 1.165) is 11.1 Å². The van der Waals surface area contributed by atoms with Crippen molar-refractivity contribution in [2.24, 2.45) is 0 Å². The van der Waals surface area contributed by atoms with E-state index >= 15 is 0 Å². The van der Waals surface area contributed by atoms with E-state index < -0.39 is 18.0 Å². The number of hydrogen-bond acceptors (Lipinski definition) is 5. The Morgan fingerprint density at radius 2 is 1.17 bits per heavy atom. The molecule has 0 saturated heterocycles. The summed E-state index contributed by atoms with van der Waals surface area (Å²) < 4.78 is 11.0. The summed E-state index contributed by atoms with van der Waals surface area (Å²) in [6.07, 6.45) is -0.770. The minimum Gasteiger partial charge on any atom is -0.419 e. The van der Waals surface area contributed by atoms with Gasteiger partial charge in [-0.05, 0) is 62.7 Å². The van der Waals surface area contributed by atoms with Crippen molar-refractivity contribution in [2.75, 3.05) is 0 Å². The highest BCUT2D eigenvalue weighted by Gasteiger charge is 2.18. The minimum absolute atomic E-state index is 0.0643. The third-order valence-corrected chi connectivity index (χ3v) is 4.43. The third-order valence-electron chi connectivity index (χ3n) is 4.43. The standard InChI is InChI=1S/C24H22O5/c1-15-4-8-18(9-5-15)23(26)28-21-13-12-20(17(3)25)14-22(21)29-24(27)19-10-6-16(2)7-11-19/h4-14,17,25H,1-3H3. The first kappa shape index (κ1) is 20.3. The Hall–Kier alpha value is -3.44. The van der Waals surface area contributed by atoms with Crippen LogP contribution in [-0.4, -0.2) is 17.0 Å². The van der Waals surface area contributed by atoms with Crippen molar-refractivity contribution >= 4 is 11.9 Å². The summed E-state index contributed by atoms with van der Waals surface area (Å²) in [5.41, 5.74) is 3.33. The van der Waals surface area contributed by atoms with Crippen molar-refractivity contribution in [3.63, 3.8) is 0 Å². The summed E-state index contributed by atoms with van der Waals surface area (Å²) in [7, 11) is 0. The summed E-state index contributed by atoms with van der Waals surface area (Å²) in [5, 5.41) is 9.86. The minimum atomic E-state index is -0.770. The third kappa shape index (κ3) is 5.09. The molecular formula is C24H22O5. The molecule has 0 saturated carbocycles. The van der Waals surface area contributed by atoms with Crippen molar-refractivity contribution in [1.82, 2.24) is 0 Å².